The molecule has 3 aromatic rings. The number of aromatic carboxylic acids is 1. The summed E-state index contributed by atoms with van der Waals surface area (Å²) in [6.07, 6.45) is 1.78. The number of pyridine rings is 1. The van der Waals surface area contributed by atoms with Gasteiger partial charge in [0.05, 0.1) is 17.3 Å². The molecule has 0 amide bonds. The number of benzene rings is 1. The first-order valence-corrected chi connectivity index (χ1v) is 10.7. The number of hydrogen-bond donors (Lipinski definition) is 2. The molecule has 1 aromatic carbocycles. The predicted octanol–water partition coefficient (Wildman–Crippen LogP) is 4.98. The van der Waals surface area contributed by atoms with Crippen molar-refractivity contribution in [3.05, 3.63) is 77.3 Å². The number of nitrogens with one attached hydrogen (secondary N) is 1. The van der Waals surface area contributed by atoms with Gasteiger partial charge in [-0.3, -0.25) is 4.98 Å². The van der Waals surface area contributed by atoms with E-state index in [2.05, 4.69) is 29.0 Å². The summed E-state index contributed by atoms with van der Waals surface area (Å²) in [5.41, 5.74) is 2.88. The van der Waals surface area contributed by atoms with Crippen molar-refractivity contribution in [3.63, 3.8) is 0 Å². The van der Waals surface area contributed by atoms with Crippen molar-refractivity contribution in [1.29, 1.82) is 0 Å². The Kier molecular flexibility index (Phi) is 5.78. The Morgan fingerprint density at radius 2 is 2.06 bits per heavy atom. The van der Waals surface area contributed by atoms with Gasteiger partial charge in [0.15, 0.2) is 5.11 Å². The number of thiocarbonyl (C=S) groups is 1. The van der Waals surface area contributed by atoms with E-state index in [0.29, 0.717) is 16.8 Å². The van der Waals surface area contributed by atoms with Gasteiger partial charge >= 0.3 is 5.97 Å². The lowest BCUT2D eigenvalue weighted by Crippen LogP contribution is -2.32. The number of furan rings is 1. The normalized spacial score (nSPS) is 18.5. The Balaban J connectivity index is 1.73. The maximum absolute atomic E-state index is 11.3. The van der Waals surface area contributed by atoms with E-state index in [0.717, 1.165) is 29.1 Å². The summed E-state index contributed by atoms with van der Waals surface area (Å²) >= 11 is 5.66. The zero-order valence-electron chi connectivity index (χ0n) is 17.7. The van der Waals surface area contributed by atoms with Gasteiger partial charge in [-0.15, -0.1) is 0 Å². The van der Waals surface area contributed by atoms with E-state index in [1.54, 1.807) is 24.4 Å². The molecule has 0 unspecified atom stereocenters. The number of aromatic nitrogens is 1. The Bertz CT molecular complexity index is 1110. The lowest BCUT2D eigenvalue weighted by Gasteiger charge is -2.27. The van der Waals surface area contributed by atoms with Crippen molar-refractivity contribution in [3.8, 4) is 11.3 Å². The van der Waals surface area contributed by atoms with E-state index in [1.165, 1.54) is 0 Å². The van der Waals surface area contributed by atoms with E-state index in [9.17, 15) is 9.90 Å². The lowest BCUT2D eigenvalue weighted by atomic mass is 10.0. The van der Waals surface area contributed by atoms with Gasteiger partial charge in [0.1, 0.15) is 17.6 Å². The first kappa shape index (κ1) is 21.1. The molecule has 3 heterocycles. The third-order valence-corrected chi connectivity index (χ3v) is 5.77. The fourth-order valence-corrected chi connectivity index (χ4v) is 4.35. The van der Waals surface area contributed by atoms with E-state index in [1.807, 2.05) is 37.3 Å². The standard InChI is InChI=1S/C24H25N3O3S/c1-14(2)13-27-22(21(26-24(27)31)18-6-4-5-11-25-18)20-10-9-19(30-20)17-8-7-16(23(28)29)12-15(17)3/h4-12,14,21-22H,13H2,1-3H3,(H,26,31)(H,28,29)/t21-,22+/m1/s1. The van der Waals surface area contributed by atoms with Crippen molar-refractivity contribution in [2.45, 2.75) is 32.9 Å². The molecular formula is C24H25N3O3S. The van der Waals surface area contributed by atoms with Gasteiger partial charge in [-0.05, 0) is 67.0 Å². The largest absolute Gasteiger partial charge is 0.478 e. The van der Waals surface area contributed by atoms with Crippen LogP contribution in [-0.4, -0.2) is 32.6 Å². The summed E-state index contributed by atoms with van der Waals surface area (Å²) in [4.78, 5) is 18.0. The number of nitrogens with zero attached hydrogens (tertiary/aromatic N) is 2. The average Bonchev–Trinajstić information content (AvgIpc) is 3.33. The molecule has 0 saturated carbocycles. The molecule has 1 aliphatic heterocycles. The third kappa shape index (κ3) is 4.18. The molecule has 160 valence electrons. The van der Waals surface area contributed by atoms with E-state index >= 15 is 0 Å². The minimum atomic E-state index is -0.942. The number of carbonyl (C=O) groups is 1. The number of rotatable bonds is 6. The second-order valence-corrected chi connectivity index (χ2v) is 8.60. The number of aryl methyl sites for hydroxylation is 1. The zero-order valence-corrected chi connectivity index (χ0v) is 18.5. The first-order chi connectivity index (χ1) is 14.8. The smallest absolute Gasteiger partial charge is 0.335 e. The Hall–Kier alpha value is -3.19. The van der Waals surface area contributed by atoms with Crippen LogP contribution in [0.1, 0.15) is 53.3 Å². The fraction of sp³-hybridized carbons (Fsp3) is 0.292. The van der Waals surface area contributed by atoms with Crippen molar-refractivity contribution < 1.29 is 14.3 Å². The molecule has 0 bridgehead atoms. The van der Waals surface area contributed by atoms with Gasteiger partial charge < -0.3 is 19.7 Å². The van der Waals surface area contributed by atoms with E-state index < -0.39 is 5.97 Å². The molecule has 31 heavy (non-hydrogen) atoms. The Morgan fingerprint density at radius 1 is 1.26 bits per heavy atom. The highest BCUT2D eigenvalue weighted by molar-refractivity contribution is 7.80. The molecule has 2 N–H and O–H groups in total. The van der Waals surface area contributed by atoms with Crippen LogP contribution < -0.4 is 5.32 Å². The molecular weight excluding hydrogens is 410 g/mol. The summed E-state index contributed by atoms with van der Waals surface area (Å²) < 4.78 is 6.33. The average molecular weight is 436 g/mol. The van der Waals surface area contributed by atoms with Gasteiger partial charge in [0.25, 0.3) is 0 Å². The highest BCUT2D eigenvalue weighted by Gasteiger charge is 2.41. The fourth-order valence-electron chi connectivity index (χ4n) is 4.03. The van der Waals surface area contributed by atoms with Gasteiger partial charge in [0.2, 0.25) is 0 Å². The molecule has 2 atom stereocenters. The minimum Gasteiger partial charge on any atom is -0.478 e. The number of carboxylic acids is 1. The summed E-state index contributed by atoms with van der Waals surface area (Å²) in [5, 5.41) is 13.3. The molecule has 0 radical (unpaired) electrons. The Labute approximate surface area is 186 Å². The SMILES string of the molecule is Cc1cc(C(=O)O)ccc1-c1ccc([C@H]2[C@@H](c3ccccn3)NC(=S)N2CC(C)C)o1. The van der Waals surface area contributed by atoms with Crippen LogP contribution in [0, 0.1) is 12.8 Å². The third-order valence-electron chi connectivity index (χ3n) is 5.42. The van der Waals surface area contributed by atoms with Crippen molar-refractivity contribution in [2.75, 3.05) is 6.54 Å². The lowest BCUT2D eigenvalue weighted by molar-refractivity contribution is 0.0697. The zero-order chi connectivity index (χ0) is 22.1. The van der Waals surface area contributed by atoms with Gasteiger partial charge in [0, 0.05) is 18.3 Å². The molecule has 1 fully saturated rings. The van der Waals surface area contributed by atoms with Crippen LogP contribution in [0.3, 0.4) is 0 Å². The maximum Gasteiger partial charge on any atom is 0.335 e. The summed E-state index contributed by atoms with van der Waals surface area (Å²) in [5.74, 6) is 0.972. The first-order valence-electron chi connectivity index (χ1n) is 10.3. The predicted molar refractivity (Wildman–Crippen MR) is 123 cm³/mol. The van der Waals surface area contributed by atoms with Crippen LogP contribution in [0.15, 0.2) is 59.1 Å². The van der Waals surface area contributed by atoms with Crippen LogP contribution in [-0.2, 0) is 0 Å². The molecule has 0 aliphatic carbocycles. The molecule has 1 saturated heterocycles. The molecule has 4 rings (SSSR count). The van der Waals surface area contributed by atoms with Crippen molar-refractivity contribution in [2.24, 2.45) is 5.92 Å². The van der Waals surface area contributed by atoms with Crippen LogP contribution >= 0.6 is 12.2 Å². The van der Waals surface area contributed by atoms with Crippen LogP contribution in [0.5, 0.6) is 0 Å². The topological polar surface area (TPSA) is 78.6 Å². The molecule has 2 aromatic heterocycles. The second kappa shape index (κ2) is 8.51. The van der Waals surface area contributed by atoms with Crippen LogP contribution in [0.25, 0.3) is 11.3 Å². The van der Waals surface area contributed by atoms with Crippen LogP contribution in [0.2, 0.25) is 0 Å². The van der Waals surface area contributed by atoms with Gasteiger partial charge in [-0.1, -0.05) is 26.0 Å². The molecule has 7 heteroatoms. The number of hydrogen-bond acceptors (Lipinski definition) is 4. The number of carboxylic acid groups (broad SMARTS) is 1. The van der Waals surface area contributed by atoms with Crippen molar-refractivity contribution >= 4 is 23.3 Å². The quantitative estimate of drug-likeness (QED) is 0.529. The van der Waals surface area contributed by atoms with Gasteiger partial charge in [-0.25, -0.2) is 4.79 Å². The monoisotopic (exact) mass is 435 g/mol. The second-order valence-electron chi connectivity index (χ2n) is 8.21. The Morgan fingerprint density at radius 3 is 2.71 bits per heavy atom. The minimum absolute atomic E-state index is 0.123. The van der Waals surface area contributed by atoms with E-state index in [-0.39, 0.29) is 17.6 Å². The highest BCUT2D eigenvalue weighted by Crippen LogP contribution is 2.41. The summed E-state index contributed by atoms with van der Waals surface area (Å²) in [6.45, 7) is 7.00. The van der Waals surface area contributed by atoms with Crippen molar-refractivity contribution in [1.82, 2.24) is 15.2 Å². The molecule has 0 spiro atoms. The van der Waals surface area contributed by atoms with Crippen LogP contribution in [0.4, 0.5) is 0 Å². The summed E-state index contributed by atoms with van der Waals surface area (Å²) in [7, 11) is 0. The molecule has 1 aliphatic rings. The molecule has 6 nitrogen and oxygen atoms in total. The van der Waals surface area contributed by atoms with E-state index in [4.69, 9.17) is 16.6 Å². The highest BCUT2D eigenvalue weighted by atomic mass is 32.1. The maximum atomic E-state index is 11.3. The summed E-state index contributed by atoms with van der Waals surface area (Å²) in [6, 6.07) is 14.6. The van der Waals surface area contributed by atoms with Gasteiger partial charge in [-0.2, -0.15) is 0 Å².